The minimum absolute atomic E-state index is 0.127. The van der Waals surface area contributed by atoms with Crippen molar-refractivity contribution in [3.63, 3.8) is 0 Å². The van der Waals surface area contributed by atoms with Gasteiger partial charge < -0.3 is 15.3 Å². The molecule has 2 N–H and O–H groups in total. The average molecular weight is 242 g/mol. The molecule has 0 aromatic carbocycles. The molecule has 0 spiro atoms. The van der Waals surface area contributed by atoms with Crippen molar-refractivity contribution in [1.82, 2.24) is 10.2 Å². The van der Waals surface area contributed by atoms with Gasteiger partial charge in [0.2, 0.25) is 5.91 Å². The minimum atomic E-state index is -0.737. The molecule has 0 aliphatic carbocycles. The van der Waals surface area contributed by atoms with Crippen LogP contribution in [0, 0.1) is 5.92 Å². The van der Waals surface area contributed by atoms with Crippen molar-refractivity contribution in [1.29, 1.82) is 0 Å². The van der Waals surface area contributed by atoms with E-state index in [1.165, 1.54) is 0 Å². The number of nitrogens with one attached hydrogen (secondary N) is 1. The summed E-state index contributed by atoms with van der Waals surface area (Å²) in [4.78, 5) is 24.3. The Hall–Kier alpha value is -1.10. The summed E-state index contributed by atoms with van der Waals surface area (Å²) in [6.07, 6.45) is 1.66. The fourth-order valence-corrected chi connectivity index (χ4v) is 2.00. The van der Waals surface area contributed by atoms with E-state index < -0.39 is 5.97 Å². The monoisotopic (exact) mass is 242 g/mol. The predicted octanol–water partition coefficient (Wildman–Crippen LogP) is 0.698. The number of carbonyl (C=O) groups is 2. The summed E-state index contributed by atoms with van der Waals surface area (Å²) >= 11 is 0. The second-order valence-electron chi connectivity index (χ2n) is 4.85. The number of carbonyl (C=O) groups excluding carboxylic acids is 1. The second-order valence-corrected chi connectivity index (χ2v) is 4.85. The molecule has 17 heavy (non-hydrogen) atoms. The van der Waals surface area contributed by atoms with E-state index in [2.05, 4.69) is 5.32 Å². The van der Waals surface area contributed by atoms with Gasteiger partial charge in [0.25, 0.3) is 0 Å². The molecule has 5 nitrogen and oxygen atoms in total. The number of carboxylic acid groups (broad SMARTS) is 1. The highest BCUT2D eigenvalue weighted by Crippen LogP contribution is 2.17. The summed E-state index contributed by atoms with van der Waals surface area (Å²) in [6, 6.07) is 0.389. The van der Waals surface area contributed by atoms with Crippen LogP contribution in [0.1, 0.15) is 33.1 Å². The summed E-state index contributed by atoms with van der Waals surface area (Å²) in [7, 11) is 0. The zero-order valence-corrected chi connectivity index (χ0v) is 10.6. The van der Waals surface area contributed by atoms with E-state index in [-0.39, 0.29) is 11.8 Å². The molecule has 1 heterocycles. The van der Waals surface area contributed by atoms with Gasteiger partial charge in [-0.2, -0.15) is 0 Å². The lowest BCUT2D eigenvalue weighted by atomic mass is 9.97. The molecule has 1 rings (SSSR count). The van der Waals surface area contributed by atoms with Crippen LogP contribution in [-0.4, -0.2) is 47.6 Å². The largest absolute Gasteiger partial charge is 0.481 e. The molecule has 5 heteroatoms. The Kier molecular flexibility index (Phi) is 5.41. The Balaban J connectivity index is 2.24. The lowest BCUT2D eigenvalue weighted by Gasteiger charge is -2.30. The van der Waals surface area contributed by atoms with Crippen LogP contribution in [-0.2, 0) is 9.59 Å². The van der Waals surface area contributed by atoms with Gasteiger partial charge in [-0.05, 0) is 12.8 Å². The maximum absolute atomic E-state index is 11.8. The number of amides is 1. The van der Waals surface area contributed by atoms with E-state index >= 15 is 0 Å². The lowest BCUT2D eigenvalue weighted by Crippen LogP contribution is -2.41. The van der Waals surface area contributed by atoms with Crippen LogP contribution in [0.4, 0.5) is 0 Å². The highest BCUT2D eigenvalue weighted by atomic mass is 16.4. The number of carboxylic acids is 1. The van der Waals surface area contributed by atoms with Crippen molar-refractivity contribution < 1.29 is 14.7 Å². The van der Waals surface area contributed by atoms with Crippen molar-refractivity contribution in [2.75, 3.05) is 19.6 Å². The van der Waals surface area contributed by atoms with Crippen LogP contribution >= 0.6 is 0 Å². The molecular weight excluding hydrogens is 220 g/mol. The van der Waals surface area contributed by atoms with E-state index in [4.69, 9.17) is 5.11 Å². The Bertz CT molecular complexity index is 271. The lowest BCUT2D eigenvalue weighted by molar-refractivity contribution is -0.145. The summed E-state index contributed by atoms with van der Waals surface area (Å²) < 4.78 is 0. The van der Waals surface area contributed by atoms with Crippen LogP contribution < -0.4 is 5.32 Å². The zero-order valence-electron chi connectivity index (χ0n) is 10.6. The third kappa shape index (κ3) is 4.73. The molecule has 1 amide bonds. The molecule has 0 saturated carbocycles. The van der Waals surface area contributed by atoms with Crippen molar-refractivity contribution in [2.24, 2.45) is 5.92 Å². The summed E-state index contributed by atoms with van der Waals surface area (Å²) in [5.74, 6) is -0.881. The number of hydrogen-bond acceptors (Lipinski definition) is 3. The van der Waals surface area contributed by atoms with Gasteiger partial charge in [-0.1, -0.05) is 13.8 Å². The molecule has 1 aliphatic rings. The third-order valence-electron chi connectivity index (χ3n) is 3.09. The molecule has 1 aliphatic heterocycles. The summed E-state index contributed by atoms with van der Waals surface area (Å²) in [5, 5.41) is 12.1. The minimum Gasteiger partial charge on any atom is -0.481 e. The molecule has 98 valence electrons. The normalized spacial score (nSPS) is 17.5. The molecule has 0 bridgehead atoms. The van der Waals surface area contributed by atoms with Crippen LogP contribution in [0.2, 0.25) is 0 Å². The molecular formula is C12H22N2O3. The van der Waals surface area contributed by atoms with Crippen molar-refractivity contribution in [3.8, 4) is 0 Å². The first-order valence-corrected chi connectivity index (χ1v) is 6.24. The number of rotatable bonds is 5. The molecule has 1 saturated heterocycles. The second kappa shape index (κ2) is 6.59. The van der Waals surface area contributed by atoms with Crippen molar-refractivity contribution in [2.45, 2.75) is 39.2 Å². The highest BCUT2D eigenvalue weighted by Gasteiger charge is 2.26. The first-order chi connectivity index (χ1) is 8.00. The Morgan fingerprint density at radius 3 is 2.41 bits per heavy atom. The number of nitrogens with zero attached hydrogens (tertiary/aromatic N) is 1. The van der Waals surface area contributed by atoms with Crippen LogP contribution in [0.25, 0.3) is 0 Å². The number of hydrogen-bond donors (Lipinski definition) is 2. The van der Waals surface area contributed by atoms with Gasteiger partial charge in [0.05, 0.1) is 5.92 Å². The van der Waals surface area contributed by atoms with Gasteiger partial charge in [-0.3, -0.25) is 9.59 Å². The Morgan fingerprint density at radius 2 is 1.94 bits per heavy atom. The maximum atomic E-state index is 11.8. The van der Waals surface area contributed by atoms with Crippen molar-refractivity contribution in [3.05, 3.63) is 0 Å². The molecule has 0 unspecified atom stereocenters. The van der Waals surface area contributed by atoms with Gasteiger partial charge >= 0.3 is 5.97 Å². The Labute approximate surface area is 102 Å². The fraction of sp³-hybridized carbons (Fsp3) is 0.833. The average Bonchev–Trinajstić information content (AvgIpc) is 2.28. The first-order valence-electron chi connectivity index (χ1n) is 6.24. The predicted molar refractivity (Wildman–Crippen MR) is 64.7 cm³/mol. The van der Waals surface area contributed by atoms with Crippen LogP contribution in [0.5, 0.6) is 0 Å². The number of aliphatic carboxylic acids is 1. The molecule has 0 radical (unpaired) electrons. The first kappa shape index (κ1) is 14.0. The molecule has 0 aromatic heterocycles. The summed E-state index contributed by atoms with van der Waals surface area (Å²) in [6.45, 7) is 5.94. The van der Waals surface area contributed by atoms with Crippen LogP contribution in [0.15, 0.2) is 0 Å². The molecule has 1 fully saturated rings. The van der Waals surface area contributed by atoms with E-state index in [1.54, 1.807) is 4.90 Å². The SMILES string of the molecule is CC(C)NCCC(=O)N1CCC(C(=O)O)CC1. The molecule has 0 aromatic rings. The standard InChI is InChI=1S/C12H22N2O3/c1-9(2)13-6-3-11(15)14-7-4-10(5-8-14)12(16)17/h9-10,13H,3-8H2,1-2H3,(H,16,17). The molecule has 0 atom stereocenters. The topological polar surface area (TPSA) is 69.6 Å². The van der Waals surface area contributed by atoms with Gasteiger partial charge in [0.15, 0.2) is 0 Å². The third-order valence-corrected chi connectivity index (χ3v) is 3.09. The van der Waals surface area contributed by atoms with Gasteiger partial charge in [-0.25, -0.2) is 0 Å². The smallest absolute Gasteiger partial charge is 0.306 e. The maximum Gasteiger partial charge on any atom is 0.306 e. The van der Waals surface area contributed by atoms with Gasteiger partial charge in [0.1, 0.15) is 0 Å². The Morgan fingerprint density at radius 1 is 1.35 bits per heavy atom. The number of likely N-dealkylation sites (tertiary alicyclic amines) is 1. The van der Waals surface area contributed by atoms with Gasteiger partial charge in [0, 0.05) is 32.1 Å². The van der Waals surface area contributed by atoms with Crippen LogP contribution in [0.3, 0.4) is 0 Å². The van der Waals surface area contributed by atoms with E-state index in [0.717, 1.165) is 0 Å². The van der Waals surface area contributed by atoms with Gasteiger partial charge in [-0.15, -0.1) is 0 Å². The fourth-order valence-electron chi connectivity index (χ4n) is 2.00. The highest BCUT2D eigenvalue weighted by molar-refractivity contribution is 5.77. The van der Waals surface area contributed by atoms with E-state index in [9.17, 15) is 9.59 Å². The van der Waals surface area contributed by atoms with E-state index in [0.29, 0.717) is 44.9 Å². The summed E-state index contributed by atoms with van der Waals surface area (Å²) in [5.41, 5.74) is 0. The van der Waals surface area contributed by atoms with Crippen molar-refractivity contribution >= 4 is 11.9 Å². The van der Waals surface area contributed by atoms with E-state index in [1.807, 2.05) is 13.8 Å². The zero-order chi connectivity index (χ0) is 12.8. The quantitative estimate of drug-likeness (QED) is 0.744. The number of piperidine rings is 1.